The first-order chi connectivity index (χ1) is 28.8. The van der Waals surface area contributed by atoms with Crippen molar-refractivity contribution in [3.8, 4) is 44.8 Å². The van der Waals surface area contributed by atoms with Crippen molar-refractivity contribution in [2.75, 3.05) is 0 Å². The van der Waals surface area contributed by atoms with E-state index in [0.717, 1.165) is 24.2 Å². The predicted octanol–water partition coefficient (Wildman–Crippen LogP) is 15.1. The van der Waals surface area contributed by atoms with E-state index in [1.54, 1.807) is 0 Å². The number of benzene rings is 9. The number of rotatable bonds is 2. The summed E-state index contributed by atoms with van der Waals surface area (Å²) in [5.74, 6) is 0. The zero-order valence-corrected chi connectivity index (χ0v) is 31.3. The Morgan fingerprint density at radius 3 is 1.57 bits per heavy atom. The van der Waals surface area contributed by atoms with Crippen molar-refractivity contribution < 1.29 is 0 Å². The molecule has 0 saturated carbocycles. The SMILES string of the molecule is C1=Cc2c(c3cc4c(-c5ccccn5)c5c6ccc7c8ccc9c%10c(ccc(c%11ccc(c5c(-c5ccccn5)c4c4cccc2c34)c6c7%11)c%108)-c2ccccc2-9)CC1. The van der Waals surface area contributed by atoms with Crippen LogP contribution < -0.4 is 0 Å². The fraction of sp³-hybridized carbons (Fsp3) is 0.0357. The molecule has 2 aliphatic carbocycles. The van der Waals surface area contributed by atoms with Gasteiger partial charge in [0.2, 0.25) is 0 Å². The maximum Gasteiger partial charge on any atom is 0.0714 e. The molecule has 11 aromatic carbocycles. The van der Waals surface area contributed by atoms with Crippen LogP contribution >= 0.6 is 0 Å². The lowest BCUT2D eigenvalue weighted by Gasteiger charge is -2.18. The normalized spacial score (nSPS) is 13.7. The van der Waals surface area contributed by atoms with Crippen molar-refractivity contribution in [2.45, 2.75) is 12.8 Å². The summed E-state index contributed by atoms with van der Waals surface area (Å²) in [6, 6.07) is 50.3. The van der Waals surface area contributed by atoms with Crippen LogP contribution in [0.25, 0.3) is 148 Å². The Kier molecular flexibility index (Phi) is 5.29. The molecule has 0 N–H and O–H groups in total. The molecule has 13 aromatic rings. The van der Waals surface area contributed by atoms with E-state index in [4.69, 9.17) is 9.97 Å². The summed E-state index contributed by atoms with van der Waals surface area (Å²) in [6.45, 7) is 0. The van der Waals surface area contributed by atoms with Crippen LogP contribution in [-0.4, -0.2) is 9.97 Å². The Morgan fingerprint density at radius 1 is 0.345 bits per heavy atom. The number of hydrogen-bond donors (Lipinski definition) is 0. The van der Waals surface area contributed by atoms with Gasteiger partial charge >= 0.3 is 0 Å². The minimum atomic E-state index is 0.998. The number of allylic oxidation sites excluding steroid dienone is 1. The minimum Gasteiger partial charge on any atom is -0.256 e. The van der Waals surface area contributed by atoms with Gasteiger partial charge in [0.1, 0.15) is 0 Å². The second-order valence-corrected chi connectivity index (χ2v) is 16.5. The summed E-state index contributed by atoms with van der Waals surface area (Å²) >= 11 is 0. The molecule has 2 heterocycles. The molecule has 0 spiro atoms. The van der Waals surface area contributed by atoms with Gasteiger partial charge in [-0.2, -0.15) is 0 Å². The molecule has 0 aliphatic heterocycles. The van der Waals surface area contributed by atoms with Gasteiger partial charge in [0.05, 0.1) is 11.4 Å². The molecule has 0 fully saturated rings. The lowest BCUT2D eigenvalue weighted by molar-refractivity contribution is 1.00. The maximum absolute atomic E-state index is 5.17. The predicted molar refractivity (Wildman–Crippen MR) is 246 cm³/mol. The summed E-state index contributed by atoms with van der Waals surface area (Å²) in [7, 11) is 0. The molecule has 15 rings (SSSR count). The van der Waals surface area contributed by atoms with Gasteiger partial charge in [-0.25, -0.2) is 0 Å². The van der Waals surface area contributed by atoms with Crippen LogP contribution in [0.3, 0.4) is 0 Å². The van der Waals surface area contributed by atoms with Gasteiger partial charge in [0.25, 0.3) is 0 Å². The molecule has 0 amide bonds. The summed E-state index contributed by atoms with van der Waals surface area (Å²) in [4.78, 5) is 10.3. The third-order valence-corrected chi connectivity index (χ3v) is 14.0. The lowest BCUT2D eigenvalue weighted by atomic mass is 9.85. The number of pyridine rings is 2. The van der Waals surface area contributed by atoms with Crippen LogP contribution in [0.4, 0.5) is 0 Å². The Bertz CT molecular complexity index is 3910. The fourth-order valence-electron chi connectivity index (χ4n) is 11.9. The first-order valence-electron chi connectivity index (χ1n) is 20.5. The monoisotopic (exact) mass is 730 g/mol. The highest BCUT2D eigenvalue weighted by molar-refractivity contribution is 6.48. The van der Waals surface area contributed by atoms with E-state index in [2.05, 4.69) is 133 Å². The second-order valence-electron chi connectivity index (χ2n) is 16.5. The number of fused-ring (bicyclic) bond motifs is 13. The Hall–Kier alpha value is -7.42. The molecule has 0 atom stereocenters. The van der Waals surface area contributed by atoms with Crippen LogP contribution in [0.5, 0.6) is 0 Å². The molecule has 2 nitrogen and oxygen atoms in total. The molecule has 0 bridgehead atoms. The lowest BCUT2D eigenvalue weighted by Crippen LogP contribution is -1.94. The summed E-state index contributed by atoms with van der Waals surface area (Å²) in [5.41, 5.74) is 12.6. The molecular formula is C56H30N2. The van der Waals surface area contributed by atoms with E-state index >= 15 is 0 Å². The summed E-state index contributed by atoms with van der Waals surface area (Å²) in [5, 5.41) is 23.7. The number of aryl methyl sites for hydroxylation is 1. The average Bonchev–Trinajstić information content (AvgIpc) is 3.92. The quantitative estimate of drug-likeness (QED) is 0.131. The van der Waals surface area contributed by atoms with Crippen molar-refractivity contribution >= 4 is 103 Å². The highest BCUT2D eigenvalue weighted by atomic mass is 14.7. The minimum absolute atomic E-state index is 0.998. The van der Waals surface area contributed by atoms with Gasteiger partial charge in [0.15, 0.2) is 0 Å². The zero-order valence-electron chi connectivity index (χ0n) is 31.3. The van der Waals surface area contributed by atoms with Gasteiger partial charge in [-0.15, -0.1) is 0 Å². The van der Waals surface area contributed by atoms with Crippen molar-refractivity contribution in [1.29, 1.82) is 0 Å². The van der Waals surface area contributed by atoms with Gasteiger partial charge in [-0.3, -0.25) is 9.97 Å². The van der Waals surface area contributed by atoms with Gasteiger partial charge in [-0.1, -0.05) is 115 Å². The summed E-state index contributed by atoms with van der Waals surface area (Å²) in [6.07, 6.45) is 10.7. The van der Waals surface area contributed by atoms with Crippen LogP contribution in [0.1, 0.15) is 17.5 Å². The standard InChI is InChI=1S/C56H30N2/c1-2-11-30-29(10-1)34-18-20-36-38-22-24-41-51-42(25-23-39(50(38)51)37-21-19-35(30)48(34)49(36)37)55-54(41)53(45-16-5-7-26-57-45)44-28-43-32-13-4-3-12-31(32)33-14-9-15-40(47(33)43)52(44)56(55)46-17-6-8-27-58-46/h1-3,5-12,14-28H,4,13H2. The Balaban J connectivity index is 1.21. The molecule has 0 radical (unpaired) electrons. The molecule has 0 saturated heterocycles. The largest absolute Gasteiger partial charge is 0.256 e. The summed E-state index contributed by atoms with van der Waals surface area (Å²) < 4.78 is 0. The van der Waals surface area contributed by atoms with Crippen LogP contribution in [-0.2, 0) is 6.42 Å². The molecule has 264 valence electrons. The molecule has 0 unspecified atom stereocenters. The molecule has 2 heteroatoms. The smallest absolute Gasteiger partial charge is 0.0714 e. The van der Waals surface area contributed by atoms with E-state index in [0.29, 0.717) is 0 Å². The second kappa shape index (κ2) is 10.3. The van der Waals surface area contributed by atoms with Crippen LogP contribution in [0.2, 0.25) is 0 Å². The maximum atomic E-state index is 5.17. The number of hydrogen-bond acceptors (Lipinski definition) is 2. The first kappa shape index (κ1) is 29.8. The Labute approximate surface area is 332 Å². The average molecular weight is 731 g/mol. The highest BCUT2D eigenvalue weighted by Crippen LogP contribution is 2.57. The molecule has 58 heavy (non-hydrogen) atoms. The topological polar surface area (TPSA) is 25.8 Å². The molecule has 2 aromatic heterocycles. The third kappa shape index (κ3) is 3.37. The molecular weight excluding hydrogens is 701 g/mol. The van der Waals surface area contributed by atoms with Crippen molar-refractivity contribution in [3.05, 3.63) is 163 Å². The fourth-order valence-corrected chi connectivity index (χ4v) is 11.9. The van der Waals surface area contributed by atoms with Crippen molar-refractivity contribution in [1.82, 2.24) is 9.97 Å². The Morgan fingerprint density at radius 2 is 0.897 bits per heavy atom. The van der Waals surface area contributed by atoms with Crippen molar-refractivity contribution in [3.63, 3.8) is 0 Å². The number of aromatic nitrogens is 2. The first-order valence-corrected chi connectivity index (χ1v) is 20.5. The van der Waals surface area contributed by atoms with E-state index < -0.39 is 0 Å². The number of nitrogens with zero attached hydrogens (tertiary/aromatic N) is 2. The zero-order chi connectivity index (χ0) is 37.4. The van der Waals surface area contributed by atoms with E-state index in [1.807, 2.05) is 24.5 Å². The van der Waals surface area contributed by atoms with Gasteiger partial charge < -0.3 is 0 Å². The van der Waals surface area contributed by atoms with Crippen LogP contribution in [0, 0.1) is 0 Å². The van der Waals surface area contributed by atoms with Crippen LogP contribution in [0.15, 0.2) is 152 Å². The highest BCUT2D eigenvalue weighted by Gasteiger charge is 2.30. The third-order valence-electron chi connectivity index (χ3n) is 14.0. The van der Waals surface area contributed by atoms with Gasteiger partial charge in [-0.05, 0) is 157 Å². The van der Waals surface area contributed by atoms with Crippen molar-refractivity contribution in [2.24, 2.45) is 0 Å². The van der Waals surface area contributed by atoms with E-state index in [-0.39, 0.29) is 0 Å². The van der Waals surface area contributed by atoms with Gasteiger partial charge in [0, 0.05) is 39.7 Å². The van der Waals surface area contributed by atoms with E-state index in [1.165, 1.54) is 141 Å². The van der Waals surface area contributed by atoms with E-state index in [9.17, 15) is 0 Å². The molecule has 2 aliphatic rings.